The SMILES string of the molecule is CCN(Cc1cccc2c1OCCO2)C(=O)Cc1csc(-c2cccs2)n1. The molecular weight excluding hydrogens is 380 g/mol. The molecule has 0 N–H and O–H groups in total. The highest BCUT2D eigenvalue weighted by Crippen LogP contribution is 2.34. The number of amides is 1. The maximum Gasteiger partial charge on any atom is 0.228 e. The molecule has 0 unspecified atom stereocenters. The Hall–Kier alpha value is -2.38. The summed E-state index contributed by atoms with van der Waals surface area (Å²) in [5.74, 6) is 1.57. The van der Waals surface area contributed by atoms with Crippen molar-refractivity contribution in [2.75, 3.05) is 19.8 Å². The zero-order valence-electron chi connectivity index (χ0n) is 15.0. The van der Waals surface area contributed by atoms with Crippen molar-refractivity contribution in [3.63, 3.8) is 0 Å². The first-order valence-corrected chi connectivity index (χ1v) is 10.6. The largest absolute Gasteiger partial charge is 0.486 e. The third kappa shape index (κ3) is 3.99. The van der Waals surface area contributed by atoms with Gasteiger partial charge in [0.05, 0.1) is 17.0 Å². The number of rotatable bonds is 6. The fourth-order valence-electron chi connectivity index (χ4n) is 3.01. The predicted molar refractivity (Wildman–Crippen MR) is 108 cm³/mol. The van der Waals surface area contributed by atoms with E-state index >= 15 is 0 Å². The molecule has 2 aromatic heterocycles. The fourth-order valence-corrected chi connectivity index (χ4v) is 4.64. The van der Waals surface area contributed by atoms with Crippen molar-refractivity contribution in [3.05, 3.63) is 52.3 Å². The summed E-state index contributed by atoms with van der Waals surface area (Å²) in [6.07, 6.45) is 0.308. The lowest BCUT2D eigenvalue weighted by atomic mass is 10.1. The summed E-state index contributed by atoms with van der Waals surface area (Å²) < 4.78 is 11.4. The molecule has 1 aliphatic heterocycles. The molecule has 0 spiro atoms. The molecule has 0 radical (unpaired) electrons. The number of likely N-dealkylation sites (N-methyl/N-ethyl adjacent to an activating group) is 1. The summed E-state index contributed by atoms with van der Waals surface area (Å²) in [5.41, 5.74) is 1.79. The van der Waals surface area contributed by atoms with Crippen LogP contribution in [0, 0.1) is 0 Å². The van der Waals surface area contributed by atoms with Gasteiger partial charge in [0, 0.05) is 24.0 Å². The topological polar surface area (TPSA) is 51.7 Å². The molecule has 1 aliphatic rings. The number of para-hydroxylation sites is 1. The van der Waals surface area contributed by atoms with Crippen molar-refractivity contribution >= 4 is 28.6 Å². The van der Waals surface area contributed by atoms with Gasteiger partial charge in [-0.15, -0.1) is 22.7 Å². The maximum absolute atomic E-state index is 12.8. The van der Waals surface area contributed by atoms with Crippen molar-refractivity contribution in [2.45, 2.75) is 19.9 Å². The van der Waals surface area contributed by atoms with Gasteiger partial charge in [0.2, 0.25) is 5.91 Å². The number of fused-ring (bicyclic) bond motifs is 1. The van der Waals surface area contributed by atoms with E-state index in [1.54, 1.807) is 22.7 Å². The molecule has 0 bridgehead atoms. The minimum atomic E-state index is 0.0647. The van der Waals surface area contributed by atoms with Crippen molar-refractivity contribution in [1.82, 2.24) is 9.88 Å². The average molecular weight is 401 g/mol. The molecule has 0 saturated carbocycles. The number of ether oxygens (including phenoxy) is 2. The number of benzene rings is 1. The molecule has 1 amide bonds. The molecular formula is C20H20N2O3S2. The van der Waals surface area contributed by atoms with Crippen molar-refractivity contribution in [1.29, 1.82) is 0 Å². The number of aromatic nitrogens is 1. The third-order valence-electron chi connectivity index (χ3n) is 4.36. The summed E-state index contributed by atoms with van der Waals surface area (Å²) in [4.78, 5) is 20.4. The first-order valence-electron chi connectivity index (χ1n) is 8.88. The van der Waals surface area contributed by atoms with Crippen LogP contribution < -0.4 is 9.47 Å². The molecule has 0 aliphatic carbocycles. The first-order chi connectivity index (χ1) is 13.2. The molecule has 5 nitrogen and oxygen atoms in total. The van der Waals surface area contributed by atoms with E-state index < -0.39 is 0 Å². The standard InChI is InChI=1S/C20H20N2O3S2/c1-2-22(12-14-5-3-6-16-19(14)25-9-8-24-16)18(23)11-15-13-27-20(21-15)17-7-4-10-26-17/h3-7,10,13H,2,8-9,11-12H2,1H3. The maximum atomic E-state index is 12.8. The van der Waals surface area contributed by atoms with E-state index in [9.17, 15) is 4.79 Å². The Morgan fingerprint density at radius 1 is 1.19 bits per heavy atom. The molecule has 3 heterocycles. The first kappa shape index (κ1) is 18.0. The fraction of sp³-hybridized carbons (Fsp3) is 0.300. The van der Waals surface area contributed by atoms with E-state index in [0.29, 0.717) is 32.7 Å². The van der Waals surface area contributed by atoms with Crippen LogP contribution in [0.25, 0.3) is 9.88 Å². The highest BCUT2D eigenvalue weighted by molar-refractivity contribution is 7.20. The summed E-state index contributed by atoms with van der Waals surface area (Å²) in [5, 5.41) is 4.98. The summed E-state index contributed by atoms with van der Waals surface area (Å²) in [7, 11) is 0. The molecule has 0 saturated heterocycles. The van der Waals surface area contributed by atoms with Gasteiger partial charge in [0.1, 0.15) is 18.2 Å². The highest BCUT2D eigenvalue weighted by atomic mass is 32.1. The summed E-state index contributed by atoms with van der Waals surface area (Å²) in [6.45, 7) is 4.22. The van der Waals surface area contributed by atoms with Crippen LogP contribution in [0.4, 0.5) is 0 Å². The Morgan fingerprint density at radius 2 is 2.07 bits per heavy atom. The second-order valence-corrected chi connectivity index (χ2v) is 7.95. The normalized spacial score (nSPS) is 12.8. The van der Waals surface area contributed by atoms with E-state index in [2.05, 4.69) is 4.98 Å². The molecule has 3 aromatic rings. The number of thiazole rings is 1. The van der Waals surface area contributed by atoms with Crippen LogP contribution in [-0.2, 0) is 17.8 Å². The second kappa shape index (κ2) is 8.10. The zero-order valence-corrected chi connectivity index (χ0v) is 16.6. The smallest absolute Gasteiger partial charge is 0.228 e. The van der Waals surface area contributed by atoms with Crippen LogP contribution in [0.2, 0.25) is 0 Å². The number of hydrogen-bond donors (Lipinski definition) is 0. The van der Waals surface area contributed by atoms with Gasteiger partial charge in [0.25, 0.3) is 0 Å². The van der Waals surface area contributed by atoms with Crippen LogP contribution >= 0.6 is 22.7 Å². The van der Waals surface area contributed by atoms with Crippen molar-refractivity contribution in [3.8, 4) is 21.4 Å². The molecule has 7 heteroatoms. The Balaban J connectivity index is 1.46. The third-order valence-corrected chi connectivity index (χ3v) is 6.29. The minimum Gasteiger partial charge on any atom is -0.486 e. The van der Waals surface area contributed by atoms with E-state index in [1.165, 1.54) is 0 Å². The Bertz CT molecular complexity index is 921. The molecule has 27 heavy (non-hydrogen) atoms. The Kier molecular flexibility index (Phi) is 5.40. The zero-order chi connectivity index (χ0) is 18.6. The van der Waals surface area contributed by atoms with Crippen molar-refractivity contribution in [2.24, 2.45) is 0 Å². The van der Waals surface area contributed by atoms with E-state index in [-0.39, 0.29) is 5.91 Å². The number of nitrogens with zero attached hydrogens (tertiary/aromatic N) is 2. The van der Waals surface area contributed by atoms with Gasteiger partial charge in [0.15, 0.2) is 11.5 Å². The number of carbonyl (C=O) groups is 1. The minimum absolute atomic E-state index is 0.0647. The van der Waals surface area contributed by atoms with Gasteiger partial charge in [-0.1, -0.05) is 18.2 Å². The van der Waals surface area contributed by atoms with Gasteiger partial charge >= 0.3 is 0 Å². The van der Waals surface area contributed by atoms with Crippen LogP contribution in [0.3, 0.4) is 0 Å². The monoisotopic (exact) mass is 400 g/mol. The van der Waals surface area contributed by atoms with Crippen molar-refractivity contribution < 1.29 is 14.3 Å². The molecule has 4 rings (SSSR count). The second-order valence-electron chi connectivity index (χ2n) is 6.15. The molecule has 0 atom stereocenters. The van der Waals surface area contributed by atoms with Gasteiger partial charge in [-0.25, -0.2) is 4.98 Å². The predicted octanol–water partition coefficient (Wildman–Crippen LogP) is 4.23. The van der Waals surface area contributed by atoms with Crippen LogP contribution in [-0.4, -0.2) is 35.5 Å². The lowest BCUT2D eigenvalue weighted by Gasteiger charge is -2.25. The number of hydrogen-bond acceptors (Lipinski definition) is 6. The van der Waals surface area contributed by atoms with E-state index in [4.69, 9.17) is 9.47 Å². The summed E-state index contributed by atoms with van der Waals surface area (Å²) >= 11 is 3.24. The average Bonchev–Trinajstić information content (AvgIpc) is 3.37. The van der Waals surface area contributed by atoms with E-state index in [1.807, 2.05) is 52.9 Å². The molecule has 0 fully saturated rings. The lowest BCUT2D eigenvalue weighted by Crippen LogP contribution is -2.32. The molecule has 1 aromatic carbocycles. The van der Waals surface area contributed by atoms with Crippen LogP contribution in [0.1, 0.15) is 18.2 Å². The van der Waals surface area contributed by atoms with Gasteiger partial charge in [-0.2, -0.15) is 0 Å². The lowest BCUT2D eigenvalue weighted by molar-refractivity contribution is -0.130. The Morgan fingerprint density at radius 3 is 2.89 bits per heavy atom. The summed E-state index contributed by atoms with van der Waals surface area (Å²) in [6, 6.07) is 9.89. The van der Waals surface area contributed by atoms with Gasteiger partial charge in [-0.05, 0) is 24.4 Å². The Labute approximate surface area is 166 Å². The van der Waals surface area contributed by atoms with E-state index in [0.717, 1.165) is 32.6 Å². The quantitative estimate of drug-likeness (QED) is 0.621. The van der Waals surface area contributed by atoms with Gasteiger partial charge < -0.3 is 14.4 Å². The molecule has 140 valence electrons. The van der Waals surface area contributed by atoms with Crippen LogP contribution in [0.5, 0.6) is 11.5 Å². The number of carbonyl (C=O) groups excluding carboxylic acids is 1. The number of thiophene rings is 1. The highest BCUT2D eigenvalue weighted by Gasteiger charge is 2.20. The van der Waals surface area contributed by atoms with Gasteiger partial charge in [-0.3, -0.25) is 4.79 Å². The van der Waals surface area contributed by atoms with Crippen LogP contribution in [0.15, 0.2) is 41.1 Å².